The fraction of sp³-hybridized carbons (Fsp3) is 0.562. The molecule has 0 bridgehead atoms. The first-order valence-corrected chi connectivity index (χ1v) is 7.55. The van der Waals surface area contributed by atoms with E-state index in [1.54, 1.807) is 4.90 Å². The summed E-state index contributed by atoms with van der Waals surface area (Å²) in [6, 6.07) is 7.53. The average Bonchev–Trinajstić information content (AvgIpc) is 2.36. The number of piperidine rings is 1. The number of aliphatic hydroxyl groups excluding tert-OH is 1. The molecular formula is C16H22ClNO3. The molecule has 0 radical (unpaired) electrons. The van der Waals surface area contributed by atoms with Crippen LogP contribution >= 0.6 is 11.6 Å². The van der Waals surface area contributed by atoms with Crippen LogP contribution in [0.15, 0.2) is 24.3 Å². The van der Waals surface area contributed by atoms with Crippen LogP contribution in [-0.4, -0.2) is 40.9 Å². The lowest BCUT2D eigenvalue weighted by molar-refractivity contribution is -0.00151. The molecule has 1 fully saturated rings. The molecule has 1 heterocycles. The van der Waals surface area contributed by atoms with Gasteiger partial charge in [0, 0.05) is 17.5 Å². The van der Waals surface area contributed by atoms with Crippen LogP contribution in [0.4, 0.5) is 4.79 Å². The van der Waals surface area contributed by atoms with E-state index in [-0.39, 0.29) is 18.6 Å². The highest BCUT2D eigenvalue weighted by Gasteiger charge is 2.33. The van der Waals surface area contributed by atoms with Crippen molar-refractivity contribution in [2.75, 3.05) is 13.1 Å². The minimum atomic E-state index is -0.607. The number of carbonyl (C=O) groups excluding carboxylic acids is 1. The second-order valence-corrected chi connectivity index (χ2v) is 6.88. The van der Waals surface area contributed by atoms with Gasteiger partial charge in [-0.2, -0.15) is 0 Å². The van der Waals surface area contributed by atoms with Gasteiger partial charge in [-0.3, -0.25) is 0 Å². The van der Waals surface area contributed by atoms with Crippen LogP contribution in [0.25, 0.3) is 0 Å². The predicted octanol–water partition coefficient (Wildman–Crippen LogP) is 3.43. The maximum atomic E-state index is 12.0. The number of hydrogen-bond acceptors (Lipinski definition) is 3. The molecule has 116 valence electrons. The highest BCUT2D eigenvalue weighted by molar-refractivity contribution is 6.30. The summed E-state index contributed by atoms with van der Waals surface area (Å²) in [5, 5.41) is 11.0. The van der Waals surface area contributed by atoms with Gasteiger partial charge in [0.2, 0.25) is 0 Å². The van der Waals surface area contributed by atoms with Gasteiger partial charge in [-0.1, -0.05) is 23.7 Å². The number of ether oxygens (including phenoxy) is 1. The first-order chi connectivity index (χ1) is 9.76. The number of nitrogens with zero attached hydrogens (tertiary/aromatic N) is 1. The molecule has 0 saturated carbocycles. The Morgan fingerprint density at radius 2 is 2.14 bits per heavy atom. The van der Waals surface area contributed by atoms with Crippen LogP contribution in [0.1, 0.15) is 38.7 Å². The summed E-state index contributed by atoms with van der Waals surface area (Å²) in [7, 11) is 0. The summed E-state index contributed by atoms with van der Waals surface area (Å²) < 4.78 is 5.34. The first-order valence-electron chi connectivity index (χ1n) is 7.18. The molecule has 2 rings (SSSR count). The molecule has 2 atom stereocenters. The van der Waals surface area contributed by atoms with Gasteiger partial charge in [-0.15, -0.1) is 0 Å². The highest BCUT2D eigenvalue weighted by Crippen LogP contribution is 2.30. The van der Waals surface area contributed by atoms with Crippen LogP contribution in [0, 0.1) is 0 Å². The molecule has 0 spiro atoms. The smallest absolute Gasteiger partial charge is 0.410 e. The number of halogens is 1. The molecule has 1 saturated heterocycles. The minimum absolute atomic E-state index is 0.00221. The van der Waals surface area contributed by atoms with Crippen molar-refractivity contribution in [2.24, 2.45) is 0 Å². The molecule has 4 nitrogen and oxygen atoms in total. The lowest BCUT2D eigenvalue weighted by Crippen LogP contribution is -2.47. The molecule has 0 aromatic heterocycles. The van der Waals surface area contributed by atoms with Crippen LogP contribution in [-0.2, 0) is 4.74 Å². The number of aliphatic hydroxyl groups is 1. The van der Waals surface area contributed by atoms with Crippen molar-refractivity contribution >= 4 is 17.7 Å². The van der Waals surface area contributed by atoms with Gasteiger partial charge in [0.15, 0.2) is 0 Å². The van der Waals surface area contributed by atoms with Gasteiger partial charge in [0.25, 0.3) is 0 Å². The largest absolute Gasteiger partial charge is 0.444 e. The molecule has 21 heavy (non-hydrogen) atoms. The Hall–Kier alpha value is -1.26. The van der Waals surface area contributed by atoms with E-state index in [2.05, 4.69) is 0 Å². The van der Waals surface area contributed by atoms with E-state index in [0.29, 0.717) is 18.0 Å². The van der Waals surface area contributed by atoms with E-state index in [4.69, 9.17) is 16.3 Å². The number of likely N-dealkylation sites (tertiary alicyclic amines) is 1. The van der Waals surface area contributed by atoms with E-state index < -0.39 is 11.7 Å². The van der Waals surface area contributed by atoms with Gasteiger partial charge in [0.05, 0.1) is 12.6 Å². The molecule has 1 aromatic carbocycles. The maximum Gasteiger partial charge on any atom is 0.410 e. The van der Waals surface area contributed by atoms with Gasteiger partial charge < -0.3 is 14.7 Å². The van der Waals surface area contributed by atoms with Gasteiger partial charge in [-0.25, -0.2) is 4.79 Å². The maximum absolute atomic E-state index is 12.0. The highest BCUT2D eigenvalue weighted by atomic mass is 35.5. The second-order valence-electron chi connectivity index (χ2n) is 6.44. The zero-order chi connectivity index (χ0) is 15.6. The summed E-state index contributed by atoms with van der Waals surface area (Å²) in [6.07, 6.45) is -0.281. The molecule has 5 heteroatoms. The van der Waals surface area contributed by atoms with Crippen molar-refractivity contribution in [2.45, 2.75) is 44.8 Å². The number of carbonyl (C=O) groups is 1. The zero-order valence-electron chi connectivity index (χ0n) is 12.7. The Bertz CT molecular complexity index is 512. The number of β-amino-alcohol motifs (C(OH)–C–C–N with tert-alkyl or cyclic N) is 1. The van der Waals surface area contributed by atoms with Gasteiger partial charge in [-0.05, 0) is 44.9 Å². The van der Waals surface area contributed by atoms with Crippen LogP contribution in [0.2, 0.25) is 5.02 Å². The summed E-state index contributed by atoms with van der Waals surface area (Å²) >= 11 is 6.00. The first kappa shape index (κ1) is 16.1. The van der Waals surface area contributed by atoms with E-state index in [0.717, 1.165) is 5.56 Å². The van der Waals surface area contributed by atoms with Crippen molar-refractivity contribution in [3.8, 4) is 0 Å². The number of hydrogen-bond donors (Lipinski definition) is 1. The van der Waals surface area contributed by atoms with Crippen molar-refractivity contribution < 1.29 is 14.6 Å². The predicted molar refractivity (Wildman–Crippen MR) is 82.6 cm³/mol. The topological polar surface area (TPSA) is 49.8 Å². The Labute approximate surface area is 130 Å². The fourth-order valence-corrected chi connectivity index (χ4v) is 2.75. The lowest BCUT2D eigenvalue weighted by atomic mass is 9.87. The zero-order valence-corrected chi connectivity index (χ0v) is 13.4. The molecule has 1 amide bonds. The van der Waals surface area contributed by atoms with Crippen molar-refractivity contribution in [3.05, 3.63) is 34.9 Å². The summed E-state index contributed by atoms with van der Waals surface area (Å²) in [6.45, 7) is 6.36. The van der Waals surface area contributed by atoms with Crippen molar-refractivity contribution in [1.29, 1.82) is 0 Å². The molecular weight excluding hydrogens is 290 g/mol. The van der Waals surface area contributed by atoms with Crippen LogP contribution in [0.3, 0.4) is 0 Å². The van der Waals surface area contributed by atoms with Crippen molar-refractivity contribution in [3.63, 3.8) is 0 Å². The quantitative estimate of drug-likeness (QED) is 0.864. The van der Waals surface area contributed by atoms with E-state index in [1.165, 1.54) is 0 Å². The molecule has 0 aliphatic carbocycles. The van der Waals surface area contributed by atoms with Crippen LogP contribution < -0.4 is 0 Å². The number of rotatable bonds is 1. The van der Waals surface area contributed by atoms with Crippen LogP contribution in [0.5, 0.6) is 0 Å². The monoisotopic (exact) mass is 311 g/mol. The molecule has 1 N–H and O–H groups in total. The standard InChI is InChI=1S/C16H22ClNO3/c1-16(2,3)21-15(20)18-8-7-13(14(19)10-18)11-5-4-6-12(17)9-11/h4-6,9,13-14,19H,7-8,10H2,1-3H3/t13-,14-/m1/s1. The van der Waals surface area contributed by atoms with Gasteiger partial charge in [0.1, 0.15) is 5.60 Å². The summed E-state index contributed by atoms with van der Waals surface area (Å²) in [4.78, 5) is 13.6. The summed E-state index contributed by atoms with van der Waals surface area (Å²) in [5.74, 6) is 0.00221. The number of amides is 1. The Morgan fingerprint density at radius 3 is 2.71 bits per heavy atom. The fourth-order valence-electron chi connectivity index (χ4n) is 2.55. The Balaban J connectivity index is 2.01. The average molecular weight is 312 g/mol. The molecule has 0 unspecified atom stereocenters. The number of benzene rings is 1. The second kappa shape index (κ2) is 6.24. The minimum Gasteiger partial charge on any atom is -0.444 e. The molecule has 1 aromatic rings. The lowest BCUT2D eigenvalue weighted by Gasteiger charge is -2.36. The van der Waals surface area contributed by atoms with Crippen molar-refractivity contribution in [1.82, 2.24) is 4.90 Å². The van der Waals surface area contributed by atoms with E-state index in [9.17, 15) is 9.90 Å². The molecule has 1 aliphatic rings. The third-order valence-corrected chi connectivity index (χ3v) is 3.75. The SMILES string of the molecule is CC(C)(C)OC(=O)N1CC[C@H](c2cccc(Cl)c2)[C@H](O)C1. The molecule has 1 aliphatic heterocycles. The Kier molecular flexibility index (Phi) is 4.79. The van der Waals surface area contributed by atoms with Gasteiger partial charge >= 0.3 is 6.09 Å². The summed E-state index contributed by atoms with van der Waals surface area (Å²) in [5.41, 5.74) is 0.491. The Morgan fingerprint density at radius 1 is 1.43 bits per heavy atom. The van der Waals surface area contributed by atoms with E-state index >= 15 is 0 Å². The normalized spacial score (nSPS) is 23.0. The van der Waals surface area contributed by atoms with E-state index in [1.807, 2.05) is 45.0 Å². The third-order valence-electron chi connectivity index (χ3n) is 3.51. The third kappa shape index (κ3) is 4.35.